The van der Waals surface area contributed by atoms with Gasteiger partial charge in [0, 0.05) is 16.6 Å². The third kappa shape index (κ3) is 3.72. The Bertz CT molecular complexity index is 619. The molecule has 0 bridgehead atoms. The fourth-order valence-corrected chi connectivity index (χ4v) is 2.59. The lowest BCUT2D eigenvalue weighted by Gasteiger charge is -2.14. The lowest BCUT2D eigenvalue weighted by atomic mass is 10.1. The standard InChI is InChI=1S/C15H14BrClFNO/c1-9(19)7-11-13(18)3-2-4-14(11)20-15-6-5-10(17)8-12(15)16/h2-6,8-9H,7,19H2,1H3. The Morgan fingerprint density at radius 2 is 2.05 bits per heavy atom. The molecule has 0 saturated carbocycles. The Labute approximate surface area is 130 Å². The highest BCUT2D eigenvalue weighted by Gasteiger charge is 2.13. The molecular formula is C15H14BrClFNO. The van der Waals surface area contributed by atoms with Crippen LogP contribution in [0.15, 0.2) is 40.9 Å². The summed E-state index contributed by atoms with van der Waals surface area (Å²) in [7, 11) is 0. The van der Waals surface area contributed by atoms with Gasteiger partial charge in [-0.2, -0.15) is 0 Å². The number of rotatable bonds is 4. The van der Waals surface area contributed by atoms with Crippen LogP contribution in [0.2, 0.25) is 5.02 Å². The minimum absolute atomic E-state index is 0.150. The molecule has 0 aliphatic heterocycles. The van der Waals surface area contributed by atoms with E-state index in [0.29, 0.717) is 33.0 Å². The molecule has 0 saturated heterocycles. The number of nitrogens with two attached hydrogens (primary N) is 1. The summed E-state index contributed by atoms with van der Waals surface area (Å²) >= 11 is 9.25. The lowest BCUT2D eigenvalue weighted by Crippen LogP contribution is -2.19. The Balaban J connectivity index is 2.35. The monoisotopic (exact) mass is 357 g/mol. The van der Waals surface area contributed by atoms with Crippen molar-refractivity contribution < 1.29 is 9.13 Å². The molecule has 0 fully saturated rings. The van der Waals surface area contributed by atoms with Crippen LogP contribution in [0.1, 0.15) is 12.5 Å². The average molecular weight is 359 g/mol. The summed E-state index contributed by atoms with van der Waals surface area (Å²) in [4.78, 5) is 0. The maximum Gasteiger partial charge on any atom is 0.141 e. The first kappa shape index (κ1) is 15.3. The van der Waals surface area contributed by atoms with E-state index in [1.54, 1.807) is 30.3 Å². The Morgan fingerprint density at radius 1 is 1.30 bits per heavy atom. The molecule has 1 atom stereocenters. The summed E-state index contributed by atoms with van der Waals surface area (Å²) in [6.45, 7) is 1.83. The van der Waals surface area contributed by atoms with Gasteiger partial charge in [-0.3, -0.25) is 0 Å². The van der Waals surface area contributed by atoms with Gasteiger partial charge in [-0.25, -0.2) is 4.39 Å². The number of ether oxygens (including phenoxy) is 1. The van der Waals surface area contributed by atoms with E-state index in [0.717, 1.165) is 0 Å². The van der Waals surface area contributed by atoms with Gasteiger partial charge in [0.25, 0.3) is 0 Å². The van der Waals surface area contributed by atoms with Crippen LogP contribution in [0.3, 0.4) is 0 Å². The summed E-state index contributed by atoms with van der Waals surface area (Å²) < 4.78 is 20.4. The van der Waals surface area contributed by atoms with E-state index in [1.165, 1.54) is 6.07 Å². The first-order valence-electron chi connectivity index (χ1n) is 6.13. The van der Waals surface area contributed by atoms with E-state index in [-0.39, 0.29) is 11.9 Å². The summed E-state index contributed by atoms with van der Waals surface area (Å²) in [6, 6.07) is 9.76. The molecule has 0 heterocycles. The van der Waals surface area contributed by atoms with Gasteiger partial charge in [0.2, 0.25) is 0 Å². The topological polar surface area (TPSA) is 35.2 Å². The van der Waals surface area contributed by atoms with Gasteiger partial charge in [-0.15, -0.1) is 0 Å². The van der Waals surface area contributed by atoms with Gasteiger partial charge in [0.1, 0.15) is 17.3 Å². The van der Waals surface area contributed by atoms with Crippen LogP contribution < -0.4 is 10.5 Å². The highest BCUT2D eigenvalue weighted by Crippen LogP contribution is 2.34. The molecule has 2 N–H and O–H groups in total. The minimum Gasteiger partial charge on any atom is -0.456 e. The zero-order valence-electron chi connectivity index (χ0n) is 10.9. The van der Waals surface area contributed by atoms with Crippen LogP contribution in [0, 0.1) is 5.82 Å². The van der Waals surface area contributed by atoms with Crippen molar-refractivity contribution in [2.45, 2.75) is 19.4 Å². The predicted octanol–water partition coefficient (Wildman–Crippen LogP) is 4.92. The van der Waals surface area contributed by atoms with Gasteiger partial charge in [-0.1, -0.05) is 17.7 Å². The van der Waals surface area contributed by atoms with Gasteiger partial charge < -0.3 is 10.5 Å². The van der Waals surface area contributed by atoms with Crippen molar-refractivity contribution in [3.8, 4) is 11.5 Å². The highest BCUT2D eigenvalue weighted by atomic mass is 79.9. The number of hydrogen-bond acceptors (Lipinski definition) is 2. The number of halogens is 3. The smallest absolute Gasteiger partial charge is 0.141 e. The quantitative estimate of drug-likeness (QED) is 0.841. The average Bonchev–Trinajstić information content (AvgIpc) is 2.36. The van der Waals surface area contributed by atoms with Crippen molar-refractivity contribution in [1.29, 1.82) is 0 Å². The lowest BCUT2D eigenvalue weighted by molar-refractivity contribution is 0.461. The fraction of sp³-hybridized carbons (Fsp3) is 0.200. The number of benzene rings is 2. The molecule has 20 heavy (non-hydrogen) atoms. The van der Waals surface area contributed by atoms with Crippen molar-refractivity contribution in [2.24, 2.45) is 5.73 Å². The van der Waals surface area contributed by atoms with Crippen LogP contribution in [-0.4, -0.2) is 6.04 Å². The maximum atomic E-state index is 13.9. The SMILES string of the molecule is CC(N)Cc1c(F)cccc1Oc1ccc(Cl)cc1Br. The van der Waals surface area contributed by atoms with Crippen molar-refractivity contribution in [3.63, 3.8) is 0 Å². The molecule has 2 aromatic rings. The van der Waals surface area contributed by atoms with Crippen molar-refractivity contribution in [3.05, 3.63) is 57.3 Å². The summed E-state index contributed by atoms with van der Waals surface area (Å²) in [5.74, 6) is 0.723. The molecule has 0 aliphatic carbocycles. The molecule has 2 nitrogen and oxygen atoms in total. The molecule has 2 aromatic carbocycles. The third-order valence-electron chi connectivity index (χ3n) is 2.72. The Morgan fingerprint density at radius 3 is 2.70 bits per heavy atom. The molecule has 1 unspecified atom stereocenters. The minimum atomic E-state index is -0.315. The second-order valence-corrected chi connectivity index (χ2v) is 5.87. The maximum absolute atomic E-state index is 13.9. The molecule has 0 radical (unpaired) electrons. The van der Waals surface area contributed by atoms with E-state index >= 15 is 0 Å². The molecule has 2 rings (SSSR count). The van der Waals surface area contributed by atoms with E-state index < -0.39 is 0 Å². The molecule has 0 aliphatic rings. The second kappa shape index (κ2) is 6.57. The van der Waals surface area contributed by atoms with Crippen LogP contribution in [0.25, 0.3) is 0 Å². The molecule has 0 aromatic heterocycles. The van der Waals surface area contributed by atoms with E-state index in [2.05, 4.69) is 15.9 Å². The van der Waals surface area contributed by atoms with Gasteiger partial charge >= 0.3 is 0 Å². The van der Waals surface area contributed by atoms with Crippen molar-refractivity contribution in [1.82, 2.24) is 0 Å². The van der Waals surface area contributed by atoms with Crippen LogP contribution in [0.4, 0.5) is 4.39 Å². The third-order valence-corrected chi connectivity index (χ3v) is 3.57. The molecule has 106 valence electrons. The largest absolute Gasteiger partial charge is 0.456 e. The summed E-state index contributed by atoms with van der Waals surface area (Å²) in [5.41, 5.74) is 6.23. The van der Waals surface area contributed by atoms with Crippen LogP contribution in [-0.2, 0) is 6.42 Å². The van der Waals surface area contributed by atoms with Gasteiger partial charge in [0.05, 0.1) is 4.47 Å². The Hall–Kier alpha value is -1.10. The Kier molecular flexibility index (Phi) is 5.02. The molecule has 5 heteroatoms. The van der Waals surface area contributed by atoms with Gasteiger partial charge in [0.15, 0.2) is 0 Å². The summed E-state index contributed by atoms with van der Waals surface area (Å²) in [5, 5.41) is 0.597. The van der Waals surface area contributed by atoms with E-state index in [4.69, 9.17) is 22.1 Å². The molecular weight excluding hydrogens is 345 g/mol. The van der Waals surface area contributed by atoms with Crippen LogP contribution in [0.5, 0.6) is 11.5 Å². The van der Waals surface area contributed by atoms with Gasteiger partial charge in [-0.05, 0) is 59.6 Å². The van der Waals surface area contributed by atoms with E-state index in [1.807, 2.05) is 6.92 Å². The molecule has 0 spiro atoms. The molecule has 0 amide bonds. The van der Waals surface area contributed by atoms with Crippen LogP contribution >= 0.6 is 27.5 Å². The normalized spacial score (nSPS) is 12.2. The zero-order valence-corrected chi connectivity index (χ0v) is 13.2. The summed E-state index contributed by atoms with van der Waals surface area (Å²) in [6.07, 6.45) is 0.410. The second-order valence-electron chi connectivity index (χ2n) is 4.57. The first-order valence-corrected chi connectivity index (χ1v) is 7.30. The van der Waals surface area contributed by atoms with Crippen molar-refractivity contribution in [2.75, 3.05) is 0 Å². The predicted molar refractivity (Wildman–Crippen MR) is 83.0 cm³/mol. The number of hydrogen-bond donors (Lipinski definition) is 1. The van der Waals surface area contributed by atoms with E-state index in [9.17, 15) is 4.39 Å². The fourth-order valence-electron chi connectivity index (χ4n) is 1.83. The highest BCUT2D eigenvalue weighted by molar-refractivity contribution is 9.10. The van der Waals surface area contributed by atoms with Crippen molar-refractivity contribution >= 4 is 27.5 Å². The first-order chi connectivity index (χ1) is 9.47. The zero-order chi connectivity index (χ0) is 14.7.